The van der Waals surface area contributed by atoms with Crippen LogP contribution >= 0.6 is 0 Å². The van der Waals surface area contributed by atoms with Gasteiger partial charge in [-0.3, -0.25) is 0 Å². The van der Waals surface area contributed by atoms with E-state index in [9.17, 15) is 13.2 Å². The quantitative estimate of drug-likeness (QED) is 0.830. The van der Waals surface area contributed by atoms with Crippen LogP contribution in [0.2, 0.25) is 0 Å². The summed E-state index contributed by atoms with van der Waals surface area (Å²) in [6, 6.07) is 0.0148. The molecular formula is C13H22F3NO. The Morgan fingerprint density at radius 2 is 1.72 bits per heavy atom. The normalized spacial score (nSPS) is 33.8. The summed E-state index contributed by atoms with van der Waals surface area (Å²) < 4.78 is 42.9. The third-order valence-corrected chi connectivity index (χ3v) is 4.71. The van der Waals surface area contributed by atoms with Gasteiger partial charge in [0, 0.05) is 11.5 Å². The first kappa shape index (κ1) is 14.1. The van der Waals surface area contributed by atoms with Gasteiger partial charge >= 0.3 is 6.18 Å². The van der Waals surface area contributed by atoms with Crippen molar-refractivity contribution in [3.8, 4) is 0 Å². The van der Waals surface area contributed by atoms with Crippen LogP contribution in [0.15, 0.2) is 0 Å². The summed E-state index contributed by atoms with van der Waals surface area (Å²) in [5.41, 5.74) is 5.89. The number of hydrogen-bond acceptors (Lipinski definition) is 2. The Hall–Kier alpha value is -0.290. The van der Waals surface area contributed by atoms with E-state index in [2.05, 4.69) is 0 Å². The van der Waals surface area contributed by atoms with Crippen molar-refractivity contribution < 1.29 is 17.9 Å². The topological polar surface area (TPSA) is 35.2 Å². The molecule has 0 heterocycles. The summed E-state index contributed by atoms with van der Waals surface area (Å²) in [6.45, 7) is 1.09. The van der Waals surface area contributed by atoms with E-state index >= 15 is 0 Å². The molecule has 2 fully saturated rings. The average molecular weight is 265 g/mol. The second kappa shape index (κ2) is 5.00. The van der Waals surface area contributed by atoms with Crippen LogP contribution in [0.5, 0.6) is 0 Å². The van der Waals surface area contributed by atoms with E-state index in [0.717, 1.165) is 45.4 Å². The summed E-state index contributed by atoms with van der Waals surface area (Å²) in [6.07, 6.45) is 0.602. The van der Waals surface area contributed by atoms with Crippen molar-refractivity contribution in [3.63, 3.8) is 0 Å². The smallest absolute Gasteiger partial charge is 0.365 e. The van der Waals surface area contributed by atoms with E-state index in [1.165, 1.54) is 0 Å². The lowest BCUT2D eigenvalue weighted by Gasteiger charge is -2.55. The van der Waals surface area contributed by atoms with Crippen molar-refractivity contribution in [2.45, 2.75) is 76.3 Å². The van der Waals surface area contributed by atoms with Gasteiger partial charge in [-0.2, -0.15) is 13.2 Å². The van der Waals surface area contributed by atoms with E-state index in [1.807, 2.05) is 0 Å². The predicted molar refractivity (Wildman–Crippen MR) is 63.1 cm³/mol. The molecule has 18 heavy (non-hydrogen) atoms. The lowest BCUT2D eigenvalue weighted by Crippen LogP contribution is -2.63. The maximum absolute atomic E-state index is 12.5. The zero-order chi connectivity index (χ0) is 13.4. The van der Waals surface area contributed by atoms with Crippen molar-refractivity contribution in [3.05, 3.63) is 0 Å². The number of ether oxygens (including phenoxy) is 1. The second-order valence-corrected chi connectivity index (χ2v) is 5.80. The molecule has 0 radical (unpaired) electrons. The molecule has 2 aliphatic rings. The van der Waals surface area contributed by atoms with Gasteiger partial charge in [0.2, 0.25) is 0 Å². The van der Waals surface area contributed by atoms with Crippen molar-refractivity contribution in [1.29, 1.82) is 0 Å². The summed E-state index contributed by atoms with van der Waals surface area (Å²) in [4.78, 5) is 0. The Labute approximate surface area is 106 Å². The third kappa shape index (κ3) is 2.52. The van der Waals surface area contributed by atoms with Gasteiger partial charge in [-0.1, -0.05) is 25.7 Å². The number of alkyl halides is 3. The molecule has 1 spiro atoms. The highest BCUT2D eigenvalue weighted by molar-refractivity contribution is 5.07. The molecule has 5 heteroatoms. The van der Waals surface area contributed by atoms with Crippen molar-refractivity contribution in [2.24, 2.45) is 11.1 Å². The van der Waals surface area contributed by atoms with Gasteiger partial charge in [0.15, 0.2) is 6.10 Å². The van der Waals surface area contributed by atoms with Gasteiger partial charge in [0.05, 0.1) is 6.10 Å². The molecule has 106 valence electrons. The van der Waals surface area contributed by atoms with Gasteiger partial charge in [-0.05, 0) is 26.2 Å². The van der Waals surface area contributed by atoms with Gasteiger partial charge in [0.25, 0.3) is 0 Å². The third-order valence-electron chi connectivity index (χ3n) is 4.71. The lowest BCUT2D eigenvalue weighted by atomic mass is 9.58. The molecular weight excluding hydrogens is 243 g/mol. The fourth-order valence-electron chi connectivity index (χ4n) is 3.37. The van der Waals surface area contributed by atoms with E-state index in [0.29, 0.717) is 6.42 Å². The van der Waals surface area contributed by atoms with Gasteiger partial charge < -0.3 is 10.5 Å². The summed E-state index contributed by atoms with van der Waals surface area (Å²) in [5, 5.41) is 0. The molecule has 0 amide bonds. The summed E-state index contributed by atoms with van der Waals surface area (Å²) >= 11 is 0. The monoisotopic (exact) mass is 265 g/mol. The minimum Gasteiger partial charge on any atom is -0.365 e. The van der Waals surface area contributed by atoms with E-state index in [4.69, 9.17) is 10.5 Å². The molecule has 0 bridgehead atoms. The molecule has 0 aromatic carbocycles. The highest BCUT2D eigenvalue weighted by Gasteiger charge is 2.55. The molecule has 0 aliphatic heterocycles. The van der Waals surface area contributed by atoms with Crippen molar-refractivity contribution >= 4 is 0 Å². The van der Waals surface area contributed by atoms with Crippen LogP contribution in [0.3, 0.4) is 0 Å². The van der Waals surface area contributed by atoms with Crippen LogP contribution < -0.4 is 5.73 Å². The first-order valence-corrected chi connectivity index (χ1v) is 6.84. The molecule has 3 atom stereocenters. The average Bonchev–Trinajstić information content (AvgIpc) is 2.54. The molecule has 2 nitrogen and oxygen atoms in total. The molecule has 2 N–H and O–H groups in total. The summed E-state index contributed by atoms with van der Waals surface area (Å²) in [5.74, 6) is 0. The zero-order valence-corrected chi connectivity index (χ0v) is 10.8. The van der Waals surface area contributed by atoms with Crippen LogP contribution in [0.25, 0.3) is 0 Å². The molecule has 2 aliphatic carbocycles. The Morgan fingerprint density at radius 3 is 2.17 bits per heavy atom. The number of nitrogens with two attached hydrogens (primary N) is 1. The minimum absolute atomic E-state index is 0.0148. The molecule has 3 unspecified atom stereocenters. The van der Waals surface area contributed by atoms with Gasteiger partial charge in [-0.25, -0.2) is 0 Å². The van der Waals surface area contributed by atoms with Gasteiger partial charge in [-0.15, -0.1) is 0 Å². The Morgan fingerprint density at radius 1 is 1.17 bits per heavy atom. The zero-order valence-electron chi connectivity index (χ0n) is 10.8. The maximum atomic E-state index is 12.5. The highest BCUT2D eigenvalue weighted by atomic mass is 19.4. The van der Waals surface area contributed by atoms with Gasteiger partial charge in [0.1, 0.15) is 0 Å². The van der Waals surface area contributed by atoms with Crippen LogP contribution in [0.4, 0.5) is 13.2 Å². The summed E-state index contributed by atoms with van der Waals surface area (Å²) in [7, 11) is 0. The number of rotatable bonds is 2. The fourth-order valence-corrected chi connectivity index (χ4v) is 3.37. The van der Waals surface area contributed by atoms with E-state index in [1.54, 1.807) is 0 Å². The Bertz CT molecular complexity index is 284. The Kier molecular flexibility index (Phi) is 3.93. The van der Waals surface area contributed by atoms with Crippen LogP contribution in [0.1, 0.15) is 51.9 Å². The number of hydrogen-bond donors (Lipinski definition) is 1. The molecule has 0 saturated heterocycles. The predicted octanol–water partition coefficient (Wildman–Crippen LogP) is 3.39. The molecule has 2 rings (SSSR count). The first-order valence-electron chi connectivity index (χ1n) is 6.84. The highest BCUT2D eigenvalue weighted by Crippen LogP contribution is 2.52. The van der Waals surface area contributed by atoms with E-state index < -0.39 is 12.3 Å². The van der Waals surface area contributed by atoms with Crippen LogP contribution in [-0.4, -0.2) is 24.4 Å². The fraction of sp³-hybridized carbons (Fsp3) is 1.00. The maximum Gasteiger partial charge on any atom is 0.414 e. The SMILES string of the molecule is CC(OC1CC(N)C12CCCCCC2)C(F)(F)F. The van der Waals surface area contributed by atoms with Crippen LogP contribution in [0, 0.1) is 5.41 Å². The van der Waals surface area contributed by atoms with Crippen molar-refractivity contribution in [2.75, 3.05) is 0 Å². The Balaban J connectivity index is 2.01. The first-order chi connectivity index (χ1) is 8.36. The standard InChI is InChI=1S/C13H22F3NO/c1-9(13(14,15)16)18-11-8-10(17)12(11)6-4-2-3-5-7-12/h9-11H,2-8,17H2,1H3. The molecule has 0 aromatic rings. The van der Waals surface area contributed by atoms with Crippen LogP contribution in [-0.2, 0) is 4.74 Å². The molecule has 0 aromatic heterocycles. The number of halogens is 3. The molecule has 2 saturated carbocycles. The minimum atomic E-state index is -4.27. The second-order valence-electron chi connectivity index (χ2n) is 5.80. The van der Waals surface area contributed by atoms with Crippen molar-refractivity contribution in [1.82, 2.24) is 0 Å². The lowest BCUT2D eigenvalue weighted by molar-refractivity contribution is -0.260. The van der Waals surface area contributed by atoms with E-state index in [-0.39, 0.29) is 17.6 Å². The largest absolute Gasteiger partial charge is 0.414 e.